The van der Waals surface area contributed by atoms with Gasteiger partial charge in [-0.25, -0.2) is 4.79 Å². The van der Waals surface area contributed by atoms with Crippen molar-refractivity contribution in [3.8, 4) is 0 Å². The number of rotatable bonds is 2. The van der Waals surface area contributed by atoms with Gasteiger partial charge in [0.25, 0.3) is 0 Å². The fraction of sp³-hybridized carbons (Fsp3) is 0.400. The lowest BCUT2D eigenvalue weighted by Crippen LogP contribution is -2.47. The number of nitrogens with zero attached hydrogens (tertiary/aromatic N) is 3. The van der Waals surface area contributed by atoms with E-state index < -0.39 is 6.09 Å². The third kappa shape index (κ3) is 2.49. The third-order valence-corrected chi connectivity index (χ3v) is 4.00. The highest BCUT2D eigenvalue weighted by Crippen LogP contribution is 2.18. The number of fused-ring (bicyclic) bond motifs is 1. The third-order valence-electron chi connectivity index (χ3n) is 4.00. The standard InChI is InChI=1S/C15H19N3O2/c1-16-5-4-13-3-2-12(10-14(13)16)11-17-6-8-18(9-7-17)15(19)20/h2-5,10H,6-9,11H2,1H3,(H,19,20). The number of piperazine rings is 1. The molecule has 3 rings (SSSR count). The Labute approximate surface area is 118 Å². The molecule has 2 aromatic rings. The van der Waals surface area contributed by atoms with E-state index in [1.54, 1.807) is 0 Å². The lowest BCUT2D eigenvalue weighted by molar-refractivity contribution is 0.103. The van der Waals surface area contributed by atoms with Crippen LogP contribution in [0.5, 0.6) is 0 Å². The monoisotopic (exact) mass is 273 g/mol. The highest BCUT2D eigenvalue weighted by molar-refractivity contribution is 5.80. The molecule has 1 N–H and O–H groups in total. The molecule has 1 saturated heterocycles. The molecule has 0 saturated carbocycles. The molecule has 1 amide bonds. The van der Waals surface area contributed by atoms with E-state index in [0.717, 1.165) is 19.6 Å². The Morgan fingerprint density at radius 3 is 2.65 bits per heavy atom. The van der Waals surface area contributed by atoms with Crippen LogP contribution in [0.2, 0.25) is 0 Å². The Hall–Kier alpha value is -2.01. The Balaban J connectivity index is 1.68. The molecule has 1 aliphatic heterocycles. The zero-order chi connectivity index (χ0) is 14.1. The minimum atomic E-state index is -0.810. The van der Waals surface area contributed by atoms with Crippen molar-refractivity contribution in [2.24, 2.45) is 7.05 Å². The Morgan fingerprint density at radius 1 is 1.20 bits per heavy atom. The highest BCUT2D eigenvalue weighted by atomic mass is 16.4. The molecule has 20 heavy (non-hydrogen) atoms. The number of carboxylic acid groups (broad SMARTS) is 1. The van der Waals surface area contributed by atoms with Crippen LogP contribution in [-0.4, -0.2) is 51.7 Å². The highest BCUT2D eigenvalue weighted by Gasteiger charge is 2.20. The predicted molar refractivity (Wildman–Crippen MR) is 77.8 cm³/mol. The molecule has 1 aromatic heterocycles. The Kier molecular flexibility index (Phi) is 3.36. The van der Waals surface area contributed by atoms with Gasteiger partial charge in [0.1, 0.15) is 0 Å². The second kappa shape index (κ2) is 5.17. The summed E-state index contributed by atoms with van der Waals surface area (Å²) < 4.78 is 2.13. The largest absolute Gasteiger partial charge is 0.465 e. The van der Waals surface area contributed by atoms with Crippen molar-refractivity contribution in [1.29, 1.82) is 0 Å². The number of benzene rings is 1. The Bertz CT molecular complexity index is 627. The summed E-state index contributed by atoms with van der Waals surface area (Å²) in [7, 11) is 2.05. The molecular weight excluding hydrogens is 254 g/mol. The average Bonchev–Trinajstić information content (AvgIpc) is 2.81. The van der Waals surface area contributed by atoms with Crippen LogP contribution in [0.1, 0.15) is 5.56 Å². The van der Waals surface area contributed by atoms with Crippen molar-refractivity contribution in [1.82, 2.24) is 14.4 Å². The summed E-state index contributed by atoms with van der Waals surface area (Å²) in [5, 5.41) is 10.2. The van der Waals surface area contributed by atoms with Gasteiger partial charge in [-0.15, -0.1) is 0 Å². The maximum absolute atomic E-state index is 10.9. The van der Waals surface area contributed by atoms with E-state index in [1.807, 2.05) is 0 Å². The van der Waals surface area contributed by atoms with Crippen LogP contribution in [0.4, 0.5) is 4.79 Å². The second-order valence-electron chi connectivity index (χ2n) is 5.37. The fourth-order valence-corrected chi connectivity index (χ4v) is 2.76. The van der Waals surface area contributed by atoms with Gasteiger partial charge in [-0.1, -0.05) is 12.1 Å². The molecule has 1 fully saturated rings. The molecule has 0 radical (unpaired) electrons. The summed E-state index contributed by atoms with van der Waals surface area (Å²) in [4.78, 5) is 14.7. The number of aryl methyl sites for hydroxylation is 1. The number of amides is 1. The van der Waals surface area contributed by atoms with Crippen LogP contribution in [0.25, 0.3) is 10.9 Å². The minimum absolute atomic E-state index is 0.599. The molecule has 0 unspecified atom stereocenters. The summed E-state index contributed by atoms with van der Waals surface area (Å²) in [6.07, 6.45) is 1.26. The molecular formula is C15H19N3O2. The molecule has 2 heterocycles. The molecule has 1 aromatic carbocycles. The zero-order valence-electron chi connectivity index (χ0n) is 11.6. The molecule has 5 heteroatoms. The van der Waals surface area contributed by atoms with Gasteiger partial charge < -0.3 is 14.6 Å². The number of aromatic nitrogens is 1. The van der Waals surface area contributed by atoms with Gasteiger partial charge in [0, 0.05) is 51.5 Å². The van der Waals surface area contributed by atoms with Crippen molar-refractivity contribution < 1.29 is 9.90 Å². The quantitative estimate of drug-likeness (QED) is 0.910. The van der Waals surface area contributed by atoms with Crippen molar-refractivity contribution in [2.75, 3.05) is 26.2 Å². The van der Waals surface area contributed by atoms with Crippen LogP contribution in [0.3, 0.4) is 0 Å². The molecule has 1 aliphatic rings. The first kappa shape index (κ1) is 13.0. The van der Waals surface area contributed by atoms with E-state index in [0.29, 0.717) is 13.1 Å². The summed E-state index contributed by atoms with van der Waals surface area (Å²) >= 11 is 0. The van der Waals surface area contributed by atoms with Gasteiger partial charge >= 0.3 is 6.09 Å². The van der Waals surface area contributed by atoms with E-state index in [4.69, 9.17) is 5.11 Å². The molecule has 5 nitrogen and oxygen atoms in total. The SMILES string of the molecule is Cn1ccc2ccc(CN3CCN(C(=O)O)CC3)cc21. The van der Waals surface area contributed by atoms with Gasteiger partial charge in [0.15, 0.2) is 0 Å². The first-order valence-electron chi connectivity index (χ1n) is 6.88. The van der Waals surface area contributed by atoms with E-state index in [2.05, 4.69) is 47.0 Å². The lowest BCUT2D eigenvalue weighted by atomic mass is 10.1. The molecule has 106 valence electrons. The van der Waals surface area contributed by atoms with Gasteiger partial charge in [0.2, 0.25) is 0 Å². The Morgan fingerprint density at radius 2 is 1.95 bits per heavy atom. The lowest BCUT2D eigenvalue weighted by Gasteiger charge is -2.33. The zero-order valence-corrected chi connectivity index (χ0v) is 11.6. The summed E-state index contributed by atoms with van der Waals surface area (Å²) in [5.74, 6) is 0. The van der Waals surface area contributed by atoms with E-state index in [1.165, 1.54) is 21.4 Å². The summed E-state index contributed by atoms with van der Waals surface area (Å²) in [5.41, 5.74) is 2.52. The predicted octanol–water partition coefficient (Wildman–Crippen LogP) is 1.97. The number of hydrogen-bond acceptors (Lipinski definition) is 2. The van der Waals surface area contributed by atoms with E-state index in [-0.39, 0.29) is 0 Å². The minimum Gasteiger partial charge on any atom is -0.465 e. The topological polar surface area (TPSA) is 48.7 Å². The van der Waals surface area contributed by atoms with E-state index >= 15 is 0 Å². The molecule has 0 atom stereocenters. The van der Waals surface area contributed by atoms with Crippen molar-refractivity contribution in [2.45, 2.75) is 6.54 Å². The second-order valence-corrected chi connectivity index (χ2v) is 5.37. The molecule has 0 spiro atoms. The van der Waals surface area contributed by atoms with Gasteiger partial charge in [0.05, 0.1) is 0 Å². The van der Waals surface area contributed by atoms with Crippen LogP contribution in [0, 0.1) is 0 Å². The smallest absolute Gasteiger partial charge is 0.407 e. The first-order chi connectivity index (χ1) is 9.63. The van der Waals surface area contributed by atoms with Gasteiger partial charge in [-0.2, -0.15) is 0 Å². The van der Waals surface area contributed by atoms with Crippen molar-refractivity contribution in [3.63, 3.8) is 0 Å². The molecule has 0 aliphatic carbocycles. The van der Waals surface area contributed by atoms with Gasteiger partial charge in [-0.3, -0.25) is 4.90 Å². The van der Waals surface area contributed by atoms with Crippen LogP contribution < -0.4 is 0 Å². The maximum Gasteiger partial charge on any atom is 0.407 e. The maximum atomic E-state index is 10.9. The van der Waals surface area contributed by atoms with Crippen LogP contribution in [-0.2, 0) is 13.6 Å². The summed E-state index contributed by atoms with van der Waals surface area (Å²) in [6.45, 7) is 3.69. The number of hydrogen-bond donors (Lipinski definition) is 1. The van der Waals surface area contributed by atoms with Gasteiger partial charge in [-0.05, 0) is 23.1 Å². The average molecular weight is 273 g/mol. The number of carbonyl (C=O) groups is 1. The normalized spacial score (nSPS) is 16.8. The van der Waals surface area contributed by atoms with Crippen LogP contribution in [0.15, 0.2) is 30.5 Å². The first-order valence-corrected chi connectivity index (χ1v) is 6.88. The van der Waals surface area contributed by atoms with Crippen LogP contribution >= 0.6 is 0 Å². The van der Waals surface area contributed by atoms with E-state index in [9.17, 15) is 4.79 Å². The molecule has 0 bridgehead atoms. The fourth-order valence-electron chi connectivity index (χ4n) is 2.76. The van der Waals surface area contributed by atoms with Crippen molar-refractivity contribution in [3.05, 3.63) is 36.0 Å². The summed E-state index contributed by atoms with van der Waals surface area (Å²) in [6, 6.07) is 8.65. The van der Waals surface area contributed by atoms with Crippen molar-refractivity contribution >= 4 is 17.0 Å².